The maximum atomic E-state index is 13.8. The second-order valence-electron chi connectivity index (χ2n) is 25.5. The third-order valence-electron chi connectivity index (χ3n) is 17.5. The van der Waals surface area contributed by atoms with Gasteiger partial charge in [0.05, 0.1) is 74.7 Å². The maximum absolute atomic E-state index is 13.8. The number of aryl methyl sites for hydroxylation is 4. The molecule has 10 rings (SSSR count). The number of piperidine rings is 4. The summed E-state index contributed by atoms with van der Waals surface area (Å²) in [7, 11) is -4.34. The van der Waals surface area contributed by atoms with Crippen LogP contribution < -0.4 is 9.47 Å². The van der Waals surface area contributed by atoms with Crippen LogP contribution in [0.4, 0.5) is 4.79 Å². The van der Waals surface area contributed by atoms with E-state index in [1.807, 2.05) is 57.4 Å². The molecule has 2 atom stereocenters. The van der Waals surface area contributed by atoms with Crippen LogP contribution in [0.5, 0.6) is 11.5 Å². The van der Waals surface area contributed by atoms with Crippen LogP contribution in [-0.2, 0) is 77.6 Å². The zero-order valence-corrected chi connectivity index (χ0v) is 58.3. The van der Waals surface area contributed by atoms with Crippen LogP contribution in [0.1, 0.15) is 118 Å². The minimum atomic E-state index is -3.76. The van der Waals surface area contributed by atoms with E-state index in [1.165, 1.54) is 17.0 Å². The van der Waals surface area contributed by atoms with E-state index in [2.05, 4.69) is 30.1 Å². The number of carbonyl (C=O) groups excluding carboxylic acids is 2. The molecule has 4 aliphatic heterocycles. The Kier molecular flexibility index (Phi) is 26.4. The van der Waals surface area contributed by atoms with Crippen molar-refractivity contribution >= 4 is 38.0 Å². The van der Waals surface area contributed by atoms with Crippen LogP contribution >= 0.6 is 0 Å². The van der Waals surface area contributed by atoms with Crippen LogP contribution in [0, 0.1) is 27.7 Å². The highest BCUT2D eigenvalue weighted by molar-refractivity contribution is 7.89. The molecule has 4 saturated heterocycles. The second-order valence-corrected chi connectivity index (χ2v) is 29.1. The smallest absolute Gasteiger partial charge is 0.410 e. The molecule has 0 unspecified atom stereocenters. The number of hydrogen-bond acceptors (Lipinski definition) is 20. The van der Waals surface area contributed by atoms with E-state index in [-0.39, 0.29) is 43.9 Å². The molecule has 4 aromatic heterocycles. The fraction of sp³-hybridized carbons (Fsp3) is 0.567. The zero-order valence-electron chi connectivity index (χ0n) is 56.7. The third kappa shape index (κ3) is 19.6. The van der Waals surface area contributed by atoms with E-state index < -0.39 is 49.4 Å². The van der Waals surface area contributed by atoms with Gasteiger partial charge >= 0.3 is 12.1 Å². The molecule has 0 saturated carbocycles. The lowest BCUT2D eigenvalue weighted by atomic mass is 9.85. The van der Waals surface area contributed by atoms with Gasteiger partial charge in [-0.3, -0.25) is 24.1 Å². The Bertz CT molecular complexity index is 3630. The van der Waals surface area contributed by atoms with E-state index >= 15 is 0 Å². The number of amides is 2. The van der Waals surface area contributed by atoms with E-state index in [0.717, 1.165) is 36.8 Å². The van der Waals surface area contributed by atoms with Gasteiger partial charge in [-0.25, -0.2) is 36.4 Å². The van der Waals surface area contributed by atoms with Crippen molar-refractivity contribution in [2.45, 2.75) is 164 Å². The highest BCUT2D eigenvalue weighted by Crippen LogP contribution is 2.39. The Hall–Kier alpha value is -7.51. The molecule has 4 aliphatic rings. The molecule has 1 N–H and O–H groups in total. The van der Waals surface area contributed by atoms with Gasteiger partial charge in [-0.05, 0) is 158 Å². The number of aliphatic carboxylic acids is 1. The fourth-order valence-corrected chi connectivity index (χ4v) is 17.0. The lowest BCUT2D eigenvalue weighted by Gasteiger charge is -2.42. The lowest BCUT2D eigenvalue weighted by Crippen LogP contribution is -2.49. The Morgan fingerprint density at radius 1 is 0.583 bits per heavy atom. The molecule has 29 heteroatoms. The zero-order chi connectivity index (χ0) is 69.1. The molecule has 27 nitrogen and oxygen atoms in total. The van der Waals surface area contributed by atoms with E-state index in [1.54, 1.807) is 115 Å². The number of aromatic nitrogens is 8. The number of likely N-dealkylation sites (tertiary alicyclic amines) is 2. The van der Waals surface area contributed by atoms with Gasteiger partial charge in [-0.1, -0.05) is 25.0 Å². The second kappa shape index (κ2) is 34.1. The predicted octanol–water partition coefficient (Wildman–Crippen LogP) is 7.67. The Balaban J connectivity index is 0.000000196. The highest BCUT2D eigenvalue weighted by Gasteiger charge is 2.42. The summed E-state index contributed by atoms with van der Waals surface area (Å²) in [6, 6.07) is 14.1. The third-order valence-corrected chi connectivity index (χ3v) is 22.1. The molecule has 96 heavy (non-hydrogen) atoms. The van der Waals surface area contributed by atoms with E-state index in [0.29, 0.717) is 148 Å². The average molecular weight is 1370 g/mol. The number of sulfonamides is 2. The molecule has 8 heterocycles. The minimum absolute atomic E-state index is 0.0831. The number of hydrogen-bond donors (Lipinski definition) is 1. The molecule has 2 amide bonds. The standard InChI is InChI=1S/C31H42N6O6S.C19H27N5O3.C17H25NO6S/c1-24-17-28(41-3)18-25(2)30(24)44(39,40)37-12-5-4-8-27(37)20-42-21-29(38)35-13-9-31(10-14-35,26-7-6-11-32-19-26)43-16-15-36-23-33-22-34-36;1-18(2,3)27-17(25)23-9-6-19(7-10-23,16-5-4-8-20-13-16)26-12-11-24-15-21-14-22-24;1-12-8-15(23-3)9-13(2)17(12)25(21,22)18-7-5-4-6-14(18)10-24-11-16(19)20/h6-7,11,17-19,22-23,27H,4-5,8-10,12-16,20-21H2,1-3H3;4-5,8,13-15H,6-7,9-12H2,1-3H3;8-9,14H,4-7,10-11H2,1-3H3,(H,19,20)/t27-;;14-/m0.0/s1. The molecule has 0 aliphatic carbocycles. The van der Waals surface area contributed by atoms with Crippen molar-refractivity contribution in [2.24, 2.45) is 0 Å². The van der Waals surface area contributed by atoms with Crippen LogP contribution in [0.25, 0.3) is 0 Å². The van der Waals surface area contributed by atoms with Gasteiger partial charge in [0, 0.05) is 87.3 Å². The number of rotatable bonds is 24. The van der Waals surface area contributed by atoms with Gasteiger partial charge < -0.3 is 48.1 Å². The van der Waals surface area contributed by atoms with Crippen molar-refractivity contribution in [3.8, 4) is 11.5 Å². The summed E-state index contributed by atoms with van der Waals surface area (Å²) in [5, 5.41) is 17.0. The van der Waals surface area contributed by atoms with Crippen molar-refractivity contribution in [1.29, 1.82) is 0 Å². The van der Waals surface area contributed by atoms with Gasteiger partial charge in [-0.2, -0.15) is 18.8 Å². The number of benzene rings is 2. The Morgan fingerprint density at radius 2 is 1.00 bits per heavy atom. The summed E-state index contributed by atoms with van der Waals surface area (Å²) >= 11 is 0. The molecule has 4 fully saturated rings. The number of ether oxygens (including phenoxy) is 7. The summed E-state index contributed by atoms with van der Waals surface area (Å²) in [6.45, 7) is 17.6. The highest BCUT2D eigenvalue weighted by atomic mass is 32.2. The number of carboxylic acid groups (broad SMARTS) is 1. The van der Waals surface area contributed by atoms with Gasteiger partial charge in [0.25, 0.3) is 0 Å². The van der Waals surface area contributed by atoms with Crippen LogP contribution in [0.3, 0.4) is 0 Å². The van der Waals surface area contributed by atoms with Crippen molar-refractivity contribution in [1.82, 2.24) is 57.9 Å². The first kappa shape index (κ1) is 74.3. The summed E-state index contributed by atoms with van der Waals surface area (Å²) in [5.41, 5.74) is 3.07. The quantitative estimate of drug-likeness (QED) is 0.0607. The number of pyridine rings is 2. The number of carbonyl (C=O) groups is 3. The molecule has 524 valence electrons. The first-order chi connectivity index (χ1) is 45.9. The number of nitrogens with zero attached hydrogens (tertiary/aromatic N) is 12. The Labute approximate surface area is 563 Å². The first-order valence-corrected chi connectivity index (χ1v) is 35.5. The SMILES string of the molecule is CC(C)(C)OC(=O)N1CCC(OCCn2cncn2)(c2cccnc2)CC1.COc1cc(C)c(S(=O)(=O)N2CCCC[C@H]2COCC(=O)N2CCC(OCCn3cncn3)(c3cccnc3)CC2)c(C)c1.COc1cc(C)c(S(=O)(=O)N2CCCC[C@H]2COCC(=O)O)c(C)c1. The number of methoxy groups -OCH3 is 2. The van der Waals surface area contributed by atoms with Crippen molar-refractivity contribution in [3.05, 3.63) is 132 Å². The molecule has 0 radical (unpaired) electrons. The molecule has 6 aromatic rings. The van der Waals surface area contributed by atoms with Crippen LogP contribution in [0.2, 0.25) is 0 Å². The van der Waals surface area contributed by atoms with Crippen LogP contribution in [-0.4, -0.2) is 209 Å². The molecule has 0 bridgehead atoms. The van der Waals surface area contributed by atoms with E-state index in [4.69, 9.17) is 38.3 Å². The van der Waals surface area contributed by atoms with E-state index in [9.17, 15) is 31.2 Å². The van der Waals surface area contributed by atoms with Crippen LogP contribution in [0.15, 0.2) is 108 Å². The fourth-order valence-electron chi connectivity index (χ4n) is 12.8. The summed E-state index contributed by atoms with van der Waals surface area (Å²) in [5.74, 6) is 0.0742. The summed E-state index contributed by atoms with van der Waals surface area (Å²) in [6.07, 6.45) is 20.6. The maximum Gasteiger partial charge on any atom is 0.410 e. The van der Waals surface area contributed by atoms with Crippen molar-refractivity contribution < 1.29 is 69.5 Å². The molecular weight excluding hydrogens is 1280 g/mol. The van der Waals surface area contributed by atoms with Gasteiger partial charge in [0.1, 0.15) is 55.6 Å². The van der Waals surface area contributed by atoms with Gasteiger partial charge in [0.2, 0.25) is 26.0 Å². The van der Waals surface area contributed by atoms with Gasteiger partial charge in [0.15, 0.2) is 0 Å². The summed E-state index contributed by atoms with van der Waals surface area (Å²) in [4.78, 5) is 56.8. The molecule has 0 spiro atoms. The molecular formula is C67H94N12O15S2. The van der Waals surface area contributed by atoms with Crippen molar-refractivity contribution in [3.63, 3.8) is 0 Å². The largest absolute Gasteiger partial charge is 0.497 e. The monoisotopic (exact) mass is 1370 g/mol. The minimum Gasteiger partial charge on any atom is -0.497 e. The normalized spacial score (nSPS) is 18.5. The summed E-state index contributed by atoms with van der Waals surface area (Å²) < 4.78 is 101. The lowest BCUT2D eigenvalue weighted by molar-refractivity contribution is -0.145. The predicted molar refractivity (Wildman–Crippen MR) is 354 cm³/mol. The van der Waals surface area contributed by atoms with Gasteiger partial charge in [-0.15, -0.1) is 0 Å². The number of carboxylic acids is 1. The van der Waals surface area contributed by atoms with Crippen molar-refractivity contribution in [2.75, 3.05) is 93.1 Å². The Morgan fingerprint density at radius 3 is 1.36 bits per heavy atom. The topological polar surface area (TPSA) is 304 Å². The molecule has 2 aromatic carbocycles. The first-order valence-electron chi connectivity index (χ1n) is 32.6. The average Bonchev–Trinajstić information content (AvgIpc) is 0.965.